The zero-order valence-corrected chi connectivity index (χ0v) is 16.6. The lowest BCUT2D eigenvalue weighted by molar-refractivity contribution is -0.118. The number of hydrogen-bond acceptors (Lipinski definition) is 7. The van der Waals surface area contributed by atoms with Gasteiger partial charge in [0, 0.05) is 22.5 Å². The van der Waals surface area contributed by atoms with Crippen LogP contribution in [-0.4, -0.2) is 48.5 Å². The zero-order chi connectivity index (χ0) is 21.8. The van der Waals surface area contributed by atoms with Crippen LogP contribution in [0.1, 0.15) is 33.3 Å². The highest BCUT2D eigenvalue weighted by molar-refractivity contribution is 6.18. The molecule has 0 aliphatic carbocycles. The fourth-order valence-electron chi connectivity index (χ4n) is 2.97. The average Bonchev–Trinajstić information content (AvgIpc) is 2.75. The number of Topliss-reactive ketones (excluding diaryl/α,β-unsaturated/α-hetero) is 1. The van der Waals surface area contributed by atoms with Gasteiger partial charge in [0.1, 0.15) is 18.1 Å². The first-order valence-corrected chi connectivity index (χ1v) is 8.90. The van der Waals surface area contributed by atoms with E-state index in [-0.39, 0.29) is 29.2 Å². The number of ketones is 2. The van der Waals surface area contributed by atoms with Crippen molar-refractivity contribution in [1.29, 1.82) is 0 Å². The van der Waals surface area contributed by atoms with Gasteiger partial charge in [-0.1, -0.05) is 12.1 Å². The van der Waals surface area contributed by atoms with Gasteiger partial charge in [0.25, 0.3) is 0 Å². The zero-order valence-electron chi connectivity index (χ0n) is 16.6. The number of ether oxygens (including phenoxy) is 3. The fraction of sp³-hybridized carbons (Fsp3) is 0.182. The van der Waals surface area contributed by atoms with Crippen LogP contribution in [0.15, 0.2) is 42.6 Å². The number of fused-ring (bicyclic) bond motifs is 1. The number of carboxylic acids is 1. The van der Waals surface area contributed by atoms with Crippen molar-refractivity contribution in [3.63, 3.8) is 0 Å². The quantitative estimate of drug-likeness (QED) is 0.565. The molecule has 0 fully saturated rings. The Hall–Kier alpha value is -3.94. The number of rotatable bonds is 8. The van der Waals surface area contributed by atoms with Crippen LogP contribution in [0.4, 0.5) is 0 Å². The number of aromatic nitrogens is 1. The highest BCUT2D eigenvalue weighted by atomic mass is 16.5. The summed E-state index contributed by atoms with van der Waals surface area (Å²) in [6.07, 6.45) is 1.14. The molecule has 0 saturated carbocycles. The van der Waals surface area contributed by atoms with Gasteiger partial charge in [0.15, 0.2) is 17.3 Å². The third kappa shape index (κ3) is 4.07. The molecule has 0 spiro atoms. The number of methoxy groups -OCH3 is 2. The van der Waals surface area contributed by atoms with Gasteiger partial charge in [-0.3, -0.25) is 14.6 Å². The molecular weight excluding hydrogens is 390 g/mol. The number of hydrogen-bond donors (Lipinski definition) is 1. The van der Waals surface area contributed by atoms with Gasteiger partial charge in [0.2, 0.25) is 5.78 Å². The summed E-state index contributed by atoms with van der Waals surface area (Å²) in [4.78, 5) is 40.1. The van der Waals surface area contributed by atoms with Gasteiger partial charge in [0.05, 0.1) is 19.8 Å². The van der Waals surface area contributed by atoms with Crippen molar-refractivity contribution in [3.8, 4) is 17.2 Å². The van der Waals surface area contributed by atoms with Crippen molar-refractivity contribution in [2.75, 3.05) is 20.8 Å². The van der Waals surface area contributed by atoms with E-state index >= 15 is 0 Å². The Kier molecular flexibility index (Phi) is 5.96. The number of pyridine rings is 1. The molecule has 0 unspecified atom stereocenters. The summed E-state index contributed by atoms with van der Waals surface area (Å²) in [5.41, 5.74) is 0.267. The molecule has 30 heavy (non-hydrogen) atoms. The van der Waals surface area contributed by atoms with E-state index in [0.717, 1.165) is 6.20 Å². The molecule has 8 heteroatoms. The smallest absolute Gasteiger partial charge is 0.337 e. The molecule has 0 radical (unpaired) electrons. The van der Waals surface area contributed by atoms with E-state index in [1.807, 2.05) is 0 Å². The van der Waals surface area contributed by atoms with E-state index in [9.17, 15) is 19.5 Å². The number of carbonyl (C=O) groups excluding carboxylic acids is 2. The first kappa shape index (κ1) is 20.8. The van der Waals surface area contributed by atoms with E-state index in [1.165, 1.54) is 39.3 Å². The minimum atomic E-state index is -1.18. The number of carbonyl (C=O) groups is 3. The molecule has 3 aromatic rings. The number of aromatic carboxylic acids is 1. The first-order chi connectivity index (χ1) is 14.3. The maximum Gasteiger partial charge on any atom is 0.337 e. The molecule has 2 aromatic carbocycles. The fourth-order valence-corrected chi connectivity index (χ4v) is 2.97. The van der Waals surface area contributed by atoms with Crippen LogP contribution in [0, 0.1) is 0 Å². The minimum Gasteiger partial charge on any atom is -0.493 e. The van der Waals surface area contributed by atoms with Crippen molar-refractivity contribution in [3.05, 3.63) is 59.4 Å². The molecule has 1 heterocycles. The first-order valence-electron chi connectivity index (χ1n) is 8.90. The molecule has 1 aromatic heterocycles. The van der Waals surface area contributed by atoms with Crippen LogP contribution in [0.25, 0.3) is 10.8 Å². The summed E-state index contributed by atoms with van der Waals surface area (Å²) in [6.45, 7) is 1.29. The third-order valence-corrected chi connectivity index (χ3v) is 4.38. The van der Waals surface area contributed by atoms with Crippen molar-refractivity contribution >= 4 is 28.3 Å². The van der Waals surface area contributed by atoms with Crippen LogP contribution in [0.3, 0.4) is 0 Å². The predicted molar refractivity (Wildman–Crippen MR) is 108 cm³/mol. The highest BCUT2D eigenvalue weighted by Gasteiger charge is 2.21. The molecule has 0 saturated heterocycles. The van der Waals surface area contributed by atoms with Crippen molar-refractivity contribution in [2.45, 2.75) is 6.92 Å². The maximum absolute atomic E-state index is 13.2. The monoisotopic (exact) mass is 409 g/mol. The lowest BCUT2D eigenvalue weighted by atomic mass is 9.99. The second-order valence-corrected chi connectivity index (χ2v) is 6.43. The maximum atomic E-state index is 13.2. The molecule has 154 valence electrons. The van der Waals surface area contributed by atoms with Gasteiger partial charge >= 0.3 is 5.97 Å². The van der Waals surface area contributed by atoms with Gasteiger partial charge < -0.3 is 19.3 Å². The largest absolute Gasteiger partial charge is 0.493 e. The van der Waals surface area contributed by atoms with Gasteiger partial charge in [-0.05, 0) is 31.2 Å². The summed E-state index contributed by atoms with van der Waals surface area (Å²) >= 11 is 0. The molecule has 0 aliphatic rings. The minimum absolute atomic E-state index is 0.0553. The third-order valence-electron chi connectivity index (χ3n) is 4.38. The van der Waals surface area contributed by atoms with Crippen molar-refractivity contribution in [2.24, 2.45) is 0 Å². The van der Waals surface area contributed by atoms with E-state index in [4.69, 9.17) is 14.2 Å². The molecular formula is C22H19NO7. The lowest BCUT2D eigenvalue weighted by Gasteiger charge is -2.13. The SMILES string of the molecule is COc1cc2c(C(=O)O)cnc(C(=O)c3cccc(OCC(C)=O)c3)c2cc1OC. The number of carboxylic acid groups (broad SMARTS) is 1. The summed E-state index contributed by atoms with van der Waals surface area (Å²) in [6, 6.07) is 9.37. The van der Waals surface area contributed by atoms with E-state index < -0.39 is 11.8 Å². The van der Waals surface area contributed by atoms with E-state index in [2.05, 4.69) is 4.98 Å². The lowest BCUT2D eigenvalue weighted by Crippen LogP contribution is -2.10. The van der Waals surface area contributed by atoms with Crippen LogP contribution in [0.2, 0.25) is 0 Å². The molecule has 0 bridgehead atoms. The van der Waals surface area contributed by atoms with E-state index in [0.29, 0.717) is 28.0 Å². The molecule has 8 nitrogen and oxygen atoms in total. The number of benzene rings is 2. The Morgan fingerprint density at radius 1 is 1.00 bits per heavy atom. The van der Waals surface area contributed by atoms with E-state index in [1.54, 1.807) is 18.2 Å². The van der Waals surface area contributed by atoms with Crippen LogP contribution < -0.4 is 14.2 Å². The summed E-state index contributed by atoms with van der Waals surface area (Å²) in [7, 11) is 2.87. The Morgan fingerprint density at radius 2 is 1.67 bits per heavy atom. The predicted octanol–water partition coefficient (Wildman–Crippen LogP) is 3.15. The molecule has 0 aliphatic heterocycles. The van der Waals surface area contributed by atoms with Crippen LogP contribution in [-0.2, 0) is 4.79 Å². The summed E-state index contributed by atoms with van der Waals surface area (Å²) in [5, 5.41) is 10.1. The van der Waals surface area contributed by atoms with Gasteiger partial charge in [-0.25, -0.2) is 4.79 Å². The second-order valence-electron chi connectivity index (χ2n) is 6.43. The standard InChI is InChI=1S/C22H19NO7/c1-12(24)11-30-14-6-4-5-13(7-14)21(25)20-16-9-19(29-3)18(28-2)8-15(16)17(10-23-20)22(26)27/h4-10H,11H2,1-3H3,(H,26,27). The molecule has 1 N–H and O–H groups in total. The van der Waals surface area contributed by atoms with Crippen molar-refractivity contribution < 1.29 is 33.7 Å². The molecule has 0 atom stereocenters. The van der Waals surface area contributed by atoms with Gasteiger partial charge in [-0.15, -0.1) is 0 Å². The van der Waals surface area contributed by atoms with Gasteiger partial charge in [-0.2, -0.15) is 0 Å². The average molecular weight is 409 g/mol. The molecule has 3 rings (SSSR count). The van der Waals surface area contributed by atoms with Crippen LogP contribution in [0.5, 0.6) is 17.2 Å². The Bertz CT molecular complexity index is 1150. The summed E-state index contributed by atoms with van der Waals surface area (Å²) < 4.78 is 15.9. The Labute approximate surface area is 172 Å². The highest BCUT2D eigenvalue weighted by Crippen LogP contribution is 2.35. The Balaban J connectivity index is 2.15. The molecule has 0 amide bonds. The second kappa shape index (κ2) is 8.60. The topological polar surface area (TPSA) is 112 Å². The number of nitrogens with zero attached hydrogens (tertiary/aromatic N) is 1. The summed E-state index contributed by atoms with van der Waals surface area (Å²) in [5.74, 6) is -0.735. The Morgan fingerprint density at radius 3 is 2.27 bits per heavy atom. The van der Waals surface area contributed by atoms with Crippen LogP contribution >= 0.6 is 0 Å². The van der Waals surface area contributed by atoms with Crippen molar-refractivity contribution in [1.82, 2.24) is 4.98 Å². The normalized spacial score (nSPS) is 10.5.